The number of fused-ring (bicyclic) bond motifs is 1. The van der Waals surface area contributed by atoms with Crippen LogP contribution in [-0.4, -0.2) is 18.8 Å². The summed E-state index contributed by atoms with van der Waals surface area (Å²) in [7, 11) is 3.15. The molecule has 1 heterocycles. The van der Waals surface area contributed by atoms with E-state index < -0.39 is 0 Å². The Morgan fingerprint density at radius 3 is 2.32 bits per heavy atom. The highest BCUT2D eigenvalue weighted by molar-refractivity contribution is 5.85. The smallest absolute Gasteiger partial charge is 0.258 e. The number of hydrogen-bond acceptors (Lipinski definition) is 3. The van der Waals surface area contributed by atoms with Crippen molar-refractivity contribution in [2.24, 2.45) is 0 Å². The van der Waals surface area contributed by atoms with E-state index in [1.54, 1.807) is 24.9 Å². The van der Waals surface area contributed by atoms with Gasteiger partial charge in [-0.1, -0.05) is 30.3 Å². The molecule has 3 rings (SSSR count). The first-order valence-corrected chi connectivity index (χ1v) is 7.02. The molecule has 0 amide bonds. The number of hydrogen-bond donors (Lipinski definition) is 0. The molecule has 0 fully saturated rings. The van der Waals surface area contributed by atoms with E-state index in [0.29, 0.717) is 23.4 Å². The lowest BCUT2D eigenvalue weighted by Crippen LogP contribution is -2.20. The first-order chi connectivity index (χ1) is 10.7. The molecular formula is C18H17NO3. The fourth-order valence-electron chi connectivity index (χ4n) is 2.52. The Kier molecular flexibility index (Phi) is 3.83. The van der Waals surface area contributed by atoms with Crippen LogP contribution in [0.15, 0.2) is 59.5 Å². The van der Waals surface area contributed by atoms with Gasteiger partial charge < -0.3 is 14.0 Å². The SMILES string of the molecule is COc1cc2ccn(Cc3ccccc3)c(=O)c2cc1OC. The number of aromatic nitrogens is 1. The fourth-order valence-corrected chi connectivity index (χ4v) is 2.52. The van der Waals surface area contributed by atoms with Crippen molar-refractivity contribution >= 4 is 10.8 Å². The van der Waals surface area contributed by atoms with Crippen molar-refractivity contribution < 1.29 is 9.47 Å². The largest absolute Gasteiger partial charge is 0.493 e. The van der Waals surface area contributed by atoms with Crippen molar-refractivity contribution in [1.82, 2.24) is 4.57 Å². The maximum absolute atomic E-state index is 12.7. The molecule has 0 saturated carbocycles. The second kappa shape index (κ2) is 5.93. The van der Waals surface area contributed by atoms with Crippen LogP contribution in [0.5, 0.6) is 11.5 Å². The predicted molar refractivity (Wildman–Crippen MR) is 86.9 cm³/mol. The van der Waals surface area contributed by atoms with Gasteiger partial charge in [0.1, 0.15) is 0 Å². The molecule has 1 aromatic heterocycles. The van der Waals surface area contributed by atoms with E-state index in [-0.39, 0.29) is 5.56 Å². The number of benzene rings is 2. The molecule has 3 aromatic rings. The summed E-state index contributed by atoms with van der Waals surface area (Å²) in [4.78, 5) is 12.7. The molecule has 112 valence electrons. The van der Waals surface area contributed by atoms with Gasteiger partial charge in [0.15, 0.2) is 11.5 Å². The second-order valence-corrected chi connectivity index (χ2v) is 5.03. The molecular weight excluding hydrogens is 278 g/mol. The van der Waals surface area contributed by atoms with Crippen molar-refractivity contribution in [3.05, 3.63) is 70.6 Å². The Hall–Kier alpha value is -2.75. The van der Waals surface area contributed by atoms with Crippen LogP contribution in [0.25, 0.3) is 10.8 Å². The first kappa shape index (κ1) is 14.2. The molecule has 22 heavy (non-hydrogen) atoms. The molecule has 4 heteroatoms. The predicted octanol–water partition coefficient (Wildman–Crippen LogP) is 3.07. The fraction of sp³-hybridized carbons (Fsp3) is 0.167. The van der Waals surface area contributed by atoms with Crippen molar-refractivity contribution in [2.75, 3.05) is 14.2 Å². The maximum Gasteiger partial charge on any atom is 0.258 e. The molecule has 0 atom stereocenters. The molecule has 0 aliphatic rings. The number of nitrogens with zero attached hydrogens (tertiary/aromatic N) is 1. The summed E-state index contributed by atoms with van der Waals surface area (Å²) in [6.45, 7) is 0.546. The molecule has 0 saturated heterocycles. The third-order valence-corrected chi connectivity index (χ3v) is 3.68. The topological polar surface area (TPSA) is 40.5 Å². The summed E-state index contributed by atoms with van der Waals surface area (Å²) < 4.78 is 12.3. The molecule has 0 radical (unpaired) electrons. The van der Waals surface area contributed by atoms with Crippen LogP contribution in [0.3, 0.4) is 0 Å². The van der Waals surface area contributed by atoms with Gasteiger partial charge >= 0.3 is 0 Å². The molecule has 0 aliphatic carbocycles. The quantitative estimate of drug-likeness (QED) is 0.742. The number of methoxy groups -OCH3 is 2. The van der Waals surface area contributed by atoms with E-state index in [1.807, 2.05) is 48.7 Å². The molecule has 0 unspecified atom stereocenters. The van der Waals surface area contributed by atoms with E-state index in [9.17, 15) is 4.79 Å². The lowest BCUT2D eigenvalue weighted by atomic mass is 10.1. The second-order valence-electron chi connectivity index (χ2n) is 5.03. The van der Waals surface area contributed by atoms with Gasteiger partial charge in [-0.3, -0.25) is 4.79 Å². The van der Waals surface area contributed by atoms with Crippen LogP contribution in [0, 0.1) is 0 Å². The molecule has 0 spiro atoms. The highest BCUT2D eigenvalue weighted by Gasteiger charge is 2.10. The standard InChI is InChI=1S/C18H17NO3/c1-21-16-10-14-8-9-19(12-13-6-4-3-5-7-13)18(20)15(14)11-17(16)22-2/h3-11H,12H2,1-2H3. The van der Waals surface area contributed by atoms with Gasteiger partial charge in [-0.2, -0.15) is 0 Å². The van der Waals surface area contributed by atoms with Crippen LogP contribution < -0.4 is 15.0 Å². The Morgan fingerprint density at radius 1 is 0.955 bits per heavy atom. The zero-order chi connectivity index (χ0) is 15.5. The lowest BCUT2D eigenvalue weighted by molar-refractivity contribution is 0.356. The number of ether oxygens (including phenoxy) is 2. The maximum atomic E-state index is 12.7. The van der Waals surface area contributed by atoms with Crippen molar-refractivity contribution in [3.63, 3.8) is 0 Å². The Bertz CT molecular complexity index is 853. The van der Waals surface area contributed by atoms with Gasteiger partial charge in [0.05, 0.1) is 26.2 Å². The molecule has 2 aromatic carbocycles. The first-order valence-electron chi connectivity index (χ1n) is 7.02. The molecule has 0 N–H and O–H groups in total. The van der Waals surface area contributed by atoms with Gasteiger partial charge in [0.2, 0.25) is 0 Å². The van der Waals surface area contributed by atoms with Crippen LogP contribution in [0.2, 0.25) is 0 Å². The summed E-state index contributed by atoms with van der Waals surface area (Å²) in [5.74, 6) is 1.18. The molecule has 0 bridgehead atoms. The zero-order valence-corrected chi connectivity index (χ0v) is 12.6. The van der Waals surface area contributed by atoms with Gasteiger partial charge in [-0.25, -0.2) is 0 Å². The summed E-state index contributed by atoms with van der Waals surface area (Å²) in [5.41, 5.74) is 1.05. The number of rotatable bonds is 4. The molecule has 4 nitrogen and oxygen atoms in total. The minimum absolute atomic E-state index is 0.0395. The van der Waals surface area contributed by atoms with Gasteiger partial charge in [-0.05, 0) is 29.1 Å². The van der Waals surface area contributed by atoms with Crippen LogP contribution in [0.1, 0.15) is 5.56 Å². The van der Waals surface area contributed by atoms with Crippen molar-refractivity contribution in [3.8, 4) is 11.5 Å². The third kappa shape index (κ3) is 2.55. The Morgan fingerprint density at radius 2 is 1.64 bits per heavy atom. The summed E-state index contributed by atoms with van der Waals surface area (Å²) >= 11 is 0. The average molecular weight is 295 g/mol. The van der Waals surface area contributed by atoms with E-state index >= 15 is 0 Å². The minimum atomic E-state index is -0.0395. The molecule has 0 aliphatic heterocycles. The minimum Gasteiger partial charge on any atom is -0.493 e. The van der Waals surface area contributed by atoms with E-state index in [0.717, 1.165) is 10.9 Å². The van der Waals surface area contributed by atoms with Gasteiger partial charge in [0, 0.05) is 6.20 Å². The normalized spacial score (nSPS) is 10.6. The summed E-state index contributed by atoms with van der Waals surface area (Å²) in [6.07, 6.45) is 1.81. The van der Waals surface area contributed by atoms with Crippen LogP contribution in [0.4, 0.5) is 0 Å². The zero-order valence-electron chi connectivity index (χ0n) is 12.6. The Labute approximate surface area is 128 Å². The van der Waals surface area contributed by atoms with Crippen molar-refractivity contribution in [2.45, 2.75) is 6.54 Å². The third-order valence-electron chi connectivity index (χ3n) is 3.68. The van der Waals surface area contributed by atoms with E-state index in [4.69, 9.17) is 9.47 Å². The van der Waals surface area contributed by atoms with Crippen LogP contribution in [-0.2, 0) is 6.54 Å². The number of pyridine rings is 1. The summed E-state index contributed by atoms with van der Waals surface area (Å²) in [5, 5.41) is 1.46. The highest BCUT2D eigenvalue weighted by Crippen LogP contribution is 2.30. The average Bonchev–Trinajstić information content (AvgIpc) is 2.57. The van der Waals surface area contributed by atoms with Crippen molar-refractivity contribution in [1.29, 1.82) is 0 Å². The highest BCUT2D eigenvalue weighted by atomic mass is 16.5. The van der Waals surface area contributed by atoms with E-state index in [2.05, 4.69) is 0 Å². The van der Waals surface area contributed by atoms with Gasteiger partial charge in [0.25, 0.3) is 5.56 Å². The van der Waals surface area contributed by atoms with E-state index in [1.165, 1.54) is 0 Å². The van der Waals surface area contributed by atoms with Gasteiger partial charge in [-0.15, -0.1) is 0 Å². The monoisotopic (exact) mass is 295 g/mol. The van der Waals surface area contributed by atoms with Crippen LogP contribution >= 0.6 is 0 Å². The lowest BCUT2D eigenvalue weighted by Gasteiger charge is -2.11. The summed E-state index contributed by atoms with van der Waals surface area (Å²) in [6, 6.07) is 15.4. The Balaban J connectivity index is 2.11.